The van der Waals surface area contributed by atoms with Gasteiger partial charge < -0.3 is 5.73 Å². The summed E-state index contributed by atoms with van der Waals surface area (Å²) >= 11 is 5.70. The van der Waals surface area contributed by atoms with Gasteiger partial charge >= 0.3 is 0 Å². The van der Waals surface area contributed by atoms with Gasteiger partial charge in [-0.1, -0.05) is 6.08 Å². The van der Waals surface area contributed by atoms with E-state index in [0.29, 0.717) is 0 Å². The molecule has 1 nitrogen and oxygen atoms in total. The molecule has 1 rings (SSSR count). The molecule has 0 amide bonds. The lowest BCUT2D eigenvalue weighted by atomic mass is 10.0. The predicted octanol–water partition coefficient (Wildman–Crippen LogP) is 2.12. The second-order valence-corrected chi connectivity index (χ2v) is 3.27. The van der Waals surface area contributed by atoms with Crippen LogP contribution in [-0.2, 0) is 0 Å². The van der Waals surface area contributed by atoms with E-state index in [0.717, 1.165) is 0 Å². The van der Waals surface area contributed by atoms with Gasteiger partial charge in [0.1, 0.15) is 0 Å². The fraction of sp³-hybridized carbons (Fsp3) is 0.500. The van der Waals surface area contributed by atoms with Crippen molar-refractivity contribution in [2.45, 2.75) is 24.4 Å². The van der Waals surface area contributed by atoms with Gasteiger partial charge in [-0.25, -0.2) is 4.39 Å². The zero-order chi connectivity index (χ0) is 8.48. The van der Waals surface area contributed by atoms with Crippen LogP contribution in [-0.4, -0.2) is 11.0 Å². The fourth-order valence-electron chi connectivity index (χ4n) is 1.22. The molecule has 62 valence electrons. The first kappa shape index (κ1) is 8.60. The predicted molar refractivity (Wildman–Crippen MR) is 45.2 cm³/mol. The summed E-state index contributed by atoms with van der Waals surface area (Å²) in [7, 11) is 0. The Morgan fingerprint density at radius 2 is 2.55 bits per heavy atom. The first-order valence-electron chi connectivity index (χ1n) is 3.53. The third-order valence-corrected chi connectivity index (χ3v) is 2.04. The smallest absolute Gasteiger partial charge is 0.169 e. The average molecular weight is 176 g/mol. The standard InChI is InChI=1S/C8H11ClFN/c1-2-3-8(10)5-6(9)4-7(8)11/h2-4,6H,5,11H2,1H3. The molecule has 0 aromatic carbocycles. The lowest BCUT2D eigenvalue weighted by Crippen LogP contribution is -2.24. The molecule has 0 heterocycles. The average Bonchev–Trinajstić information content (AvgIpc) is 2.08. The first-order valence-corrected chi connectivity index (χ1v) is 3.97. The van der Waals surface area contributed by atoms with E-state index in [2.05, 4.69) is 0 Å². The van der Waals surface area contributed by atoms with Gasteiger partial charge in [0.2, 0.25) is 0 Å². The van der Waals surface area contributed by atoms with E-state index in [9.17, 15) is 4.39 Å². The van der Waals surface area contributed by atoms with Gasteiger partial charge in [-0.05, 0) is 19.1 Å². The summed E-state index contributed by atoms with van der Waals surface area (Å²) in [5.74, 6) is 0. The second-order valence-electron chi connectivity index (χ2n) is 2.70. The number of alkyl halides is 2. The van der Waals surface area contributed by atoms with Crippen molar-refractivity contribution in [3.63, 3.8) is 0 Å². The van der Waals surface area contributed by atoms with E-state index in [1.54, 1.807) is 19.1 Å². The minimum absolute atomic E-state index is 0.232. The summed E-state index contributed by atoms with van der Waals surface area (Å²) in [4.78, 5) is 0. The maximum atomic E-state index is 13.6. The molecule has 0 aromatic rings. The maximum absolute atomic E-state index is 13.6. The Labute approximate surface area is 70.7 Å². The van der Waals surface area contributed by atoms with Crippen LogP contribution in [0.2, 0.25) is 0 Å². The summed E-state index contributed by atoms with van der Waals surface area (Å²) in [6, 6.07) is 0. The lowest BCUT2D eigenvalue weighted by molar-refractivity contribution is 0.277. The molecule has 0 saturated carbocycles. The highest BCUT2D eigenvalue weighted by Gasteiger charge is 2.37. The molecule has 0 bridgehead atoms. The summed E-state index contributed by atoms with van der Waals surface area (Å²) in [5.41, 5.74) is 4.17. The molecule has 0 aromatic heterocycles. The van der Waals surface area contributed by atoms with Crippen molar-refractivity contribution in [3.8, 4) is 0 Å². The fourth-order valence-corrected chi connectivity index (χ4v) is 1.58. The van der Waals surface area contributed by atoms with Crippen LogP contribution in [0.4, 0.5) is 4.39 Å². The highest BCUT2D eigenvalue weighted by atomic mass is 35.5. The molecule has 0 aliphatic heterocycles. The molecule has 3 heteroatoms. The minimum Gasteiger partial charge on any atom is -0.399 e. The number of rotatable bonds is 1. The monoisotopic (exact) mass is 175 g/mol. The first-order chi connectivity index (χ1) is 5.08. The van der Waals surface area contributed by atoms with Gasteiger partial charge in [-0.2, -0.15) is 0 Å². The van der Waals surface area contributed by atoms with Crippen LogP contribution in [0, 0.1) is 0 Å². The van der Waals surface area contributed by atoms with Crippen molar-refractivity contribution in [1.82, 2.24) is 0 Å². The molecule has 0 spiro atoms. The Morgan fingerprint density at radius 3 is 2.91 bits per heavy atom. The molecule has 2 N–H and O–H groups in total. The van der Waals surface area contributed by atoms with Crippen molar-refractivity contribution < 1.29 is 4.39 Å². The molecule has 2 unspecified atom stereocenters. The van der Waals surface area contributed by atoms with E-state index in [1.165, 1.54) is 6.08 Å². The molecule has 2 atom stereocenters. The van der Waals surface area contributed by atoms with Gasteiger partial charge in [0, 0.05) is 12.1 Å². The molecular formula is C8H11ClFN. The van der Waals surface area contributed by atoms with Crippen molar-refractivity contribution in [3.05, 3.63) is 23.9 Å². The van der Waals surface area contributed by atoms with Crippen LogP contribution in [0.3, 0.4) is 0 Å². The van der Waals surface area contributed by atoms with E-state index in [4.69, 9.17) is 17.3 Å². The van der Waals surface area contributed by atoms with E-state index in [-0.39, 0.29) is 17.5 Å². The lowest BCUT2D eigenvalue weighted by Gasteiger charge is -2.15. The summed E-state index contributed by atoms with van der Waals surface area (Å²) in [6.45, 7) is 1.76. The SMILES string of the molecule is CC=CC1(F)CC(Cl)C=C1N. The number of allylic oxidation sites excluding steroid dienone is 3. The van der Waals surface area contributed by atoms with Crippen LogP contribution in [0.15, 0.2) is 23.9 Å². The zero-order valence-electron chi connectivity index (χ0n) is 6.35. The highest BCUT2D eigenvalue weighted by molar-refractivity contribution is 6.22. The Balaban J connectivity index is 2.83. The number of halogens is 2. The summed E-state index contributed by atoms with van der Waals surface area (Å²) in [6.07, 6.45) is 4.91. The van der Waals surface area contributed by atoms with Crippen LogP contribution in [0.25, 0.3) is 0 Å². The van der Waals surface area contributed by atoms with Gasteiger partial charge in [0.05, 0.1) is 5.38 Å². The topological polar surface area (TPSA) is 26.0 Å². The van der Waals surface area contributed by atoms with Crippen LogP contribution in [0.1, 0.15) is 13.3 Å². The molecule has 0 saturated heterocycles. The molecule has 0 radical (unpaired) electrons. The van der Waals surface area contributed by atoms with Crippen molar-refractivity contribution in [2.24, 2.45) is 5.73 Å². The Hall–Kier alpha value is -0.500. The van der Waals surface area contributed by atoms with Crippen LogP contribution in [0.5, 0.6) is 0 Å². The number of nitrogens with two attached hydrogens (primary N) is 1. The quantitative estimate of drug-likeness (QED) is 0.480. The van der Waals surface area contributed by atoms with Gasteiger partial charge in [0.15, 0.2) is 5.67 Å². The van der Waals surface area contributed by atoms with Gasteiger partial charge in [-0.3, -0.25) is 0 Å². The third-order valence-electron chi connectivity index (χ3n) is 1.76. The maximum Gasteiger partial charge on any atom is 0.169 e. The summed E-state index contributed by atoms with van der Waals surface area (Å²) in [5, 5.41) is -0.267. The zero-order valence-corrected chi connectivity index (χ0v) is 7.11. The Morgan fingerprint density at radius 1 is 1.91 bits per heavy atom. The molecule has 11 heavy (non-hydrogen) atoms. The molecule has 1 aliphatic carbocycles. The minimum atomic E-state index is -1.50. The Kier molecular flexibility index (Phi) is 2.23. The van der Waals surface area contributed by atoms with Crippen molar-refractivity contribution >= 4 is 11.6 Å². The number of hydrogen-bond acceptors (Lipinski definition) is 1. The normalized spacial score (nSPS) is 38.1. The number of hydrogen-bond donors (Lipinski definition) is 1. The van der Waals surface area contributed by atoms with E-state index < -0.39 is 5.67 Å². The van der Waals surface area contributed by atoms with E-state index in [1.807, 2.05) is 0 Å². The van der Waals surface area contributed by atoms with Gasteiger partial charge in [-0.15, -0.1) is 11.6 Å². The van der Waals surface area contributed by atoms with Crippen LogP contribution >= 0.6 is 11.6 Å². The Bertz CT molecular complexity index is 212. The van der Waals surface area contributed by atoms with E-state index >= 15 is 0 Å². The summed E-state index contributed by atoms with van der Waals surface area (Å²) < 4.78 is 13.6. The van der Waals surface area contributed by atoms with Crippen LogP contribution < -0.4 is 5.73 Å². The molecule has 1 aliphatic rings. The largest absolute Gasteiger partial charge is 0.399 e. The third kappa shape index (κ3) is 1.56. The van der Waals surface area contributed by atoms with Crippen molar-refractivity contribution in [1.29, 1.82) is 0 Å². The van der Waals surface area contributed by atoms with Gasteiger partial charge in [0.25, 0.3) is 0 Å². The highest BCUT2D eigenvalue weighted by Crippen LogP contribution is 2.35. The van der Waals surface area contributed by atoms with Crippen molar-refractivity contribution in [2.75, 3.05) is 0 Å². The second kappa shape index (κ2) is 2.86. The molecule has 0 fully saturated rings. The molecular weight excluding hydrogens is 165 g/mol.